The first-order valence-electron chi connectivity index (χ1n) is 8.36. The summed E-state index contributed by atoms with van der Waals surface area (Å²) in [6.45, 7) is 2.08. The number of methoxy groups -OCH3 is 3. The molecule has 6 nitrogen and oxygen atoms in total. The van der Waals surface area contributed by atoms with Gasteiger partial charge < -0.3 is 14.2 Å². The molecule has 4 rings (SSSR count). The van der Waals surface area contributed by atoms with Crippen LogP contribution in [0.2, 0.25) is 0 Å². The smallest absolute Gasteiger partial charge is 0.216 e. The molecule has 0 fully saturated rings. The number of thiazole rings is 1. The van der Waals surface area contributed by atoms with E-state index in [4.69, 9.17) is 14.2 Å². The summed E-state index contributed by atoms with van der Waals surface area (Å²) in [7, 11) is 4.79. The largest absolute Gasteiger partial charge is 0.493 e. The summed E-state index contributed by atoms with van der Waals surface area (Å²) in [6.07, 6.45) is 0. The molecule has 0 N–H and O–H groups in total. The first-order valence-corrected chi connectivity index (χ1v) is 9.24. The minimum absolute atomic E-state index is 0.550. The van der Waals surface area contributed by atoms with Crippen molar-refractivity contribution in [3.8, 4) is 39.9 Å². The highest BCUT2D eigenvalue weighted by molar-refractivity contribution is 7.15. The minimum atomic E-state index is 0.550. The van der Waals surface area contributed by atoms with E-state index in [9.17, 15) is 0 Å². The number of benzene rings is 2. The van der Waals surface area contributed by atoms with Gasteiger partial charge in [0.05, 0.1) is 27.0 Å². The first-order chi connectivity index (χ1) is 13.2. The highest BCUT2D eigenvalue weighted by Gasteiger charge is 2.19. The summed E-state index contributed by atoms with van der Waals surface area (Å²) < 4.78 is 18.4. The Morgan fingerprint density at radius 3 is 2.11 bits per heavy atom. The Bertz CT molecular complexity index is 1070. The molecule has 0 amide bonds. The van der Waals surface area contributed by atoms with Gasteiger partial charge in [-0.2, -0.15) is 0 Å². The van der Waals surface area contributed by atoms with Crippen LogP contribution in [0.25, 0.3) is 27.6 Å². The molecule has 0 atom stereocenters. The van der Waals surface area contributed by atoms with Gasteiger partial charge in [-0.15, -0.1) is 21.5 Å². The van der Waals surface area contributed by atoms with Crippen molar-refractivity contribution in [2.75, 3.05) is 21.3 Å². The molecule has 0 unspecified atom stereocenters. The summed E-state index contributed by atoms with van der Waals surface area (Å²) >= 11 is 1.56. The lowest BCUT2D eigenvalue weighted by atomic mass is 10.1. The molecule has 0 bridgehead atoms. The molecule has 0 aliphatic heterocycles. The van der Waals surface area contributed by atoms with Gasteiger partial charge in [-0.1, -0.05) is 29.8 Å². The van der Waals surface area contributed by atoms with Crippen LogP contribution >= 0.6 is 11.3 Å². The Kier molecular flexibility index (Phi) is 4.45. The van der Waals surface area contributed by atoms with Crippen LogP contribution in [0.3, 0.4) is 0 Å². The van der Waals surface area contributed by atoms with E-state index in [0.29, 0.717) is 17.2 Å². The van der Waals surface area contributed by atoms with Gasteiger partial charge in [0.2, 0.25) is 10.7 Å². The molecule has 2 aromatic carbocycles. The van der Waals surface area contributed by atoms with E-state index >= 15 is 0 Å². The Morgan fingerprint density at radius 2 is 1.52 bits per heavy atom. The fourth-order valence-electron chi connectivity index (χ4n) is 3.04. The molecule has 0 aliphatic carbocycles. The van der Waals surface area contributed by atoms with Crippen molar-refractivity contribution in [1.82, 2.24) is 14.6 Å². The van der Waals surface area contributed by atoms with Gasteiger partial charge in [-0.05, 0) is 24.6 Å². The van der Waals surface area contributed by atoms with Gasteiger partial charge in [-0.3, -0.25) is 4.40 Å². The third kappa shape index (κ3) is 2.90. The van der Waals surface area contributed by atoms with Gasteiger partial charge >= 0.3 is 0 Å². The number of hydrogen-bond acceptors (Lipinski definition) is 6. The predicted molar refractivity (Wildman–Crippen MR) is 106 cm³/mol. The summed E-state index contributed by atoms with van der Waals surface area (Å²) in [4.78, 5) is 0.828. The van der Waals surface area contributed by atoms with Crippen LogP contribution in [-0.4, -0.2) is 35.9 Å². The number of fused-ring (bicyclic) bond motifs is 1. The molecule has 2 aromatic heterocycles. The standard InChI is InChI=1S/C20H19N3O3S/c1-12-5-7-13(8-6-12)15-11-27-20-22-21-19(23(15)20)14-9-16(24-2)18(26-4)17(10-14)25-3/h5-11H,1-4H3. The van der Waals surface area contributed by atoms with Gasteiger partial charge in [-0.25, -0.2) is 0 Å². The summed E-state index contributed by atoms with van der Waals surface area (Å²) in [5.74, 6) is 2.43. The number of hydrogen-bond donors (Lipinski definition) is 0. The predicted octanol–water partition coefficient (Wildman–Crippen LogP) is 4.46. The molecule has 0 saturated heterocycles. The molecule has 4 aromatic rings. The molecule has 0 radical (unpaired) electrons. The van der Waals surface area contributed by atoms with Gasteiger partial charge in [0.25, 0.3) is 0 Å². The topological polar surface area (TPSA) is 57.9 Å². The Morgan fingerprint density at radius 1 is 0.852 bits per heavy atom. The number of rotatable bonds is 5. The number of aromatic nitrogens is 3. The van der Waals surface area contributed by atoms with Crippen molar-refractivity contribution >= 4 is 16.3 Å². The normalized spacial score (nSPS) is 11.0. The maximum absolute atomic E-state index is 5.48. The SMILES string of the molecule is COc1cc(-c2nnc3scc(-c4ccc(C)cc4)n23)cc(OC)c1OC. The van der Waals surface area contributed by atoms with E-state index in [1.807, 2.05) is 12.1 Å². The third-order valence-corrected chi connectivity index (χ3v) is 5.24. The number of ether oxygens (including phenoxy) is 3. The molecule has 0 saturated carbocycles. The van der Waals surface area contributed by atoms with E-state index in [2.05, 4.69) is 51.2 Å². The Balaban J connectivity index is 1.93. The van der Waals surface area contributed by atoms with E-state index < -0.39 is 0 Å². The summed E-state index contributed by atoms with van der Waals surface area (Å²) in [5, 5.41) is 10.8. The Hall–Kier alpha value is -3.06. The van der Waals surface area contributed by atoms with E-state index in [1.165, 1.54) is 5.56 Å². The van der Waals surface area contributed by atoms with Crippen molar-refractivity contribution in [2.45, 2.75) is 6.92 Å². The molecule has 138 valence electrons. The quantitative estimate of drug-likeness (QED) is 0.511. The van der Waals surface area contributed by atoms with Crippen molar-refractivity contribution in [2.24, 2.45) is 0 Å². The van der Waals surface area contributed by atoms with Crippen molar-refractivity contribution in [3.63, 3.8) is 0 Å². The summed E-state index contributed by atoms with van der Waals surface area (Å²) in [6, 6.07) is 12.2. The number of aryl methyl sites for hydroxylation is 1. The lowest BCUT2D eigenvalue weighted by Crippen LogP contribution is -1.97. The van der Waals surface area contributed by atoms with Gasteiger partial charge in [0, 0.05) is 10.9 Å². The van der Waals surface area contributed by atoms with Crippen LogP contribution in [-0.2, 0) is 0 Å². The lowest BCUT2D eigenvalue weighted by molar-refractivity contribution is 0.324. The van der Waals surface area contributed by atoms with Gasteiger partial charge in [0.1, 0.15) is 0 Å². The zero-order valence-electron chi connectivity index (χ0n) is 15.5. The maximum Gasteiger partial charge on any atom is 0.216 e. The molecule has 0 spiro atoms. The first kappa shape index (κ1) is 17.4. The van der Waals surface area contributed by atoms with Crippen LogP contribution in [0, 0.1) is 6.92 Å². The van der Waals surface area contributed by atoms with Crippen LogP contribution in [0.15, 0.2) is 41.8 Å². The second-order valence-corrected chi connectivity index (χ2v) is 6.88. The molecular weight excluding hydrogens is 362 g/mol. The van der Waals surface area contributed by atoms with Crippen LogP contribution in [0.4, 0.5) is 0 Å². The van der Waals surface area contributed by atoms with E-state index in [0.717, 1.165) is 27.6 Å². The van der Waals surface area contributed by atoms with Crippen LogP contribution < -0.4 is 14.2 Å². The third-order valence-electron chi connectivity index (χ3n) is 4.42. The van der Waals surface area contributed by atoms with Crippen LogP contribution in [0.5, 0.6) is 17.2 Å². The van der Waals surface area contributed by atoms with Crippen molar-refractivity contribution in [3.05, 3.63) is 47.3 Å². The number of nitrogens with zero attached hydrogens (tertiary/aromatic N) is 3. The van der Waals surface area contributed by atoms with Crippen LogP contribution in [0.1, 0.15) is 5.56 Å². The zero-order valence-corrected chi connectivity index (χ0v) is 16.3. The molecule has 0 aliphatic rings. The second kappa shape index (κ2) is 6.92. The molecular formula is C20H19N3O3S. The average molecular weight is 381 g/mol. The molecule has 7 heteroatoms. The fraction of sp³-hybridized carbons (Fsp3) is 0.200. The monoisotopic (exact) mass is 381 g/mol. The maximum atomic E-state index is 5.48. The van der Waals surface area contributed by atoms with E-state index in [-0.39, 0.29) is 0 Å². The highest BCUT2D eigenvalue weighted by Crippen LogP contribution is 2.41. The van der Waals surface area contributed by atoms with E-state index in [1.54, 1.807) is 32.7 Å². The lowest BCUT2D eigenvalue weighted by Gasteiger charge is -2.13. The second-order valence-electron chi connectivity index (χ2n) is 6.04. The van der Waals surface area contributed by atoms with Gasteiger partial charge in [0.15, 0.2) is 17.3 Å². The van der Waals surface area contributed by atoms with Crippen molar-refractivity contribution < 1.29 is 14.2 Å². The summed E-state index contributed by atoms with van der Waals surface area (Å²) in [5.41, 5.74) is 4.21. The fourth-order valence-corrected chi connectivity index (χ4v) is 3.88. The Labute approximate surface area is 161 Å². The zero-order chi connectivity index (χ0) is 19.0. The molecule has 2 heterocycles. The average Bonchev–Trinajstić information content (AvgIpc) is 3.29. The molecule has 27 heavy (non-hydrogen) atoms. The minimum Gasteiger partial charge on any atom is -0.493 e. The highest BCUT2D eigenvalue weighted by atomic mass is 32.1. The van der Waals surface area contributed by atoms with Crippen molar-refractivity contribution in [1.29, 1.82) is 0 Å².